The van der Waals surface area contributed by atoms with Crippen LogP contribution in [0.2, 0.25) is 0 Å². The van der Waals surface area contributed by atoms with Crippen molar-refractivity contribution in [1.82, 2.24) is 0 Å². The Balaban J connectivity index is 1.68. The quantitative estimate of drug-likeness (QED) is 0.247. The average Bonchev–Trinajstić information content (AvgIpc) is 3.02. The first kappa shape index (κ1) is 25.6. The second-order valence-electron chi connectivity index (χ2n) is 11.5. The predicted molar refractivity (Wildman–Crippen MR) is 196 cm³/mol. The van der Waals surface area contributed by atoms with Gasteiger partial charge in [-0.15, -0.1) is 16.4 Å². The Morgan fingerprint density at radius 2 is 0.756 bits per heavy atom. The van der Waals surface area contributed by atoms with E-state index in [9.17, 15) is 0 Å². The van der Waals surface area contributed by atoms with Crippen LogP contribution in [0.1, 0.15) is 0 Å². The fourth-order valence-corrected chi connectivity index (χ4v) is 6.88. The number of rotatable bonds is 3. The van der Waals surface area contributed by atoms with Crippen molar-refractivity contribution in [3.8, 4) is 33.4 Å². The Bertz CT molecular complexity index is 2060. The van der Waals surface area contributed by atoms with Crippen LogP contribution in [0.4, 0.5) is 0 Å². The van der Waals surface area contributed by atoms with E-state index in [1.165, 1.54) is 93.0 Å². The molecule has 0 saturated carbocycles. The molecule has 0 unspecified atom stereocenters. The molecule has 0 radical (unpaired) electrons. The van der Waals surface area contributed by atoms with Gasteiger partial charge in [-0.1, -0.05) is 114 Å². The first-order valence-electron chi connectivity index (χ1n) is 14.5. The Kier molecular flexibility index (Phi) is 6.20. The molecule has 0 atom stereocenters. The van der Waals surface area contributed by atoms with Crippen LogP contribution >= 0.6 is 0 Å². The molecule has 0 N–H and O–H groups in total. The van der Waals surface area contributed by atoms with Gasteiger partial charge in [-0.05, 0) is 77.8 Å². The monoisotopic (exact) mass is 516 g/mol. The number of fused-ring (bicyclic) bond motifs is 3. The minimum atomic E-state index is 1.24. The Morgan fingerprint density at radius 1 is 0.317 bits per heavy atom. The maximum Gasteiger partial charge on any atom is 0.139 e. The summed E-state index contributed by atoms with van der Waals surface area (Å²) in [7, 11) is 11.4. The van der Waals surface area contributed by atoms with Crippen molar-refractivity contribution in [3.05, 3.63) is 115 Å². The van der Waals surface area contributed by atoms with Crippen molar-refractivity contribution in [2.24, 2.45) is 0 Å². The second-order valence-corrected chi connectivity index (χ2v) is 11.5. The standard InChI is InChI=1S/C36H29B5/c37-32-31(33(38)35(40)36(41)34(32)39)30-26-16-8-6-14-24(26)29(25-15-7-9-17-27(25)30)28-19-22(20-10-2-1-3-11-20)18-21-12-4-5-13-23(21)28/h1-19H,37-41H2. The van der Waals surface area contributed by atoms with Crippen molar-refractivity contribution >= 4 is 98.9 Å². The third-order valence-electron chi connectivity index (χ3n) is 9.42. The fraction of sp³-hybridized carbons (Fsp3) is 0. The number of hydrogen-bond acceptors (Lipinski definition) is 0. The molecule has 0 aliphatic heterocycles. The molecule has 0 fully saturated rings. The van der Waals surface area contributed by atoms with E-state index in [0.29, 0.717) is 0 Å². The van der Waals surface area contributed by atoms with Gasteiger partial charge in [-0.2, -0.15) is 0 Å². The summed E-state index contributed by atoms with van der Waals surface area (Å²) >= 11 is 0. The van der Waals surface area contributed by atoms with Crippen LogP contribution < -0.4 is 27.3 Å². The summed E-state index contributed by atoms with van der Waals surface area (Å²) < 4.78 is 0. The lowest BCUT2D eigenvalue weighted by molar-refractivity contribution is 1.64. The van der Waals surface area contributed by atoms with Gasteiger partial charge in [0.15, 0.2) is 0 Å². The first-order chi connectivity index (χ1) is 20.0. The molecule has 0 amide bonds. The Labute approximate surface area is 246 Å². The summed E-state index contributed by atoms with van der Waals surface area (Å²) in [5, 5.41) is 7.76. The summed E-state index contributed by atoms with van der Waals surface area (Å²) in [4.78, 5) is 0. The zero-order valence-corrected chi connectivity index (χ0v) is 24.5. The molecule has 0 nitrogen and oxygen atoms in total. The Hall–Kier alpha value is -4.36. The smallest absolute Gasteiger partial charge is 0.102 e. The van der Waals surface area contributed by atoms with Crippen LogP contribution in [-0.2, 0) is 0 Å². The average molecular weight is 516 g/mol. The normalized spacial score (nSPS) is 11.4. The molecule has 0 aliphatic rings. The lowest BCUT2D eigenvalue weighted by Gasteiger charge is -2.25. The molecule has 0 aliphatic carbocycles. The first-order valence-corrected chi connectivity index (χ1v) is 14.5. The van der Waals surface area contributed by atoms with Gasteiger partial charge in [0.1, 0.15) is 39.2 Å². The van der Waals surface area contributed by atoms with E-state index in [0.717, 1.165) is 0 Å². The van der Waals surface area contributed by atoms with Gasteiger partial charge in [0.05, 0.1) is 0 Å². The van der Waals surface area contributed by atoms with Gasteiger partial charge < -0.3 is 0 Å². The van der Waals surface area contributed by atoms with Gasteiger partial charge in [0, 0.05) is 0 Å². The fourth-order valence-electron chi connectivity index (χ4n) is 6.88. The summed E-state index contributed by atoms with van der Waals surface area (Å²) in [5.41, 5.74) is 14.7. The summed E-state index contributed by atoms with van der Waals surface area (Å²) in [6, 6.07) is 42.4. The van der Waals surface area contributed by atoms with E-state index in [1.54, 1.807) is 0 Å². The molecule has 7 aromatic rings. The SMILES string of the molecule is Bc1c(B)c(B)c(-c2c3ccccc3c(-c3cc(-c4ccccc4)cc4ccccc34)c3ccccc23)c(B)c1B. The highest BCUT2D eigenvalue weighted by Gasteiger charge is 2.21. The summed E-state index contributed by atoms with van der Waals surface area (Å²) in [6.45, 7) is 0. The van der Waals surface area contributed by atoms with Crippen molar-refractivity contribution in [1.29, 1.82) is 0 Å². The minimum Gasteiger partial charge on any atom is -0.102 e. The van der Waals surface area contributed by atoms with E-state index < -0.39 is 0 Å². The molecule has 0 spiro atoms. The zero-order valence-electron chi connectivity index (χ0n) is 24.5. The van der Waals surface area contributed by atoms with Crippen molar-refractivity contribution < 1.29 is 0 Å². The molecule has 188 valence electrons. The number of hydrogen-bond donors (Lipinski definition) is 0. The van der Waals surface area contributed by atoms with Crippen LogP contribution in [0.25, 0.3) is 65.7 Å². The van der Waals surface area contributed by atoms with Crippen molar-refractivity contribution in [2.45, 2.75) is 0 Å². The summed E-state index contributed by atoms with van der Waals surface area (Å²) in [6.07, 6.45) is 0. The zero-order chi connectivity index (χ0) is 28.2. The second kappa shape index (κ2) is 9.93. The maximum atomic E-state index is 2.40. The predicted octanol–water partition coefficient (Wildman–Crippen LogP) is 1.44. The molecule has 5 heteroatoms. The molecule has 7 aromatic carbocycles. The molecule has 7 rings (SSSR count). The van der Waals surface area contributed by atoms with Gasteiger partial charge in [-0.3, -0.25) is 0 Å². The van der Waals surface area contributed by atoms with Crippen LogP contribution in [0.15, 0.2) is 115 Å². The van der Waals surface area contributed by atoms with E-state index >= 15 is 0 Å². The lowest BCUT2D eigenvalue weighted by Crippen LogP contribution is -2.55. The van der Waals surface area contributed by atoms with Crippen LogP contribution in [-0.4, -0.2) is 39.2 Å². The van der Waals surface area contributed by atoms with E-state index in [4.69, 9.17) is 0 Å². The minimum absolute atomic E-state index is 1.24. The third-order valence-corrected chi connectivity index (χ3v) is 9.42. The molecule has 41 heavy (non-hydrogen) atoms. The largest absolute Gasteiger partial charge is 0.139 e. The van der Waals surface area contributed by atoms with Crippen LogP contribution in [0.3, 0.4) is 0 Å². The highest BCUT2D eigenvalue weighted by molar-refractivity contribution is 6.69. The molecule has 0 aromatic heterocycles. The Morgan fingerprint density at radius 3 is 1.32 bits per heavy atom. The van der Waals surface area contributed by atoms with Crippen LogP contribution in [0.5, 0.6) is 0 Å². The molecule has 0 saturated heterocycles. The third kappa shape index (κ3) is 3.98. The van der Waals surface area contributed by atoms with Gasteiger partial charge in [-0.25, -0.2) is 0 Å². The van der Waals surface area contributed by atoms with E-state index in [-0.39, 0.29) is 0 Å². The van der Waals surface area contributed by atoms with Gasteiger partial charge >= 0.3 is 0 Å². The van der Waals surface area contributed by atoms with Gasteiger partial charge in [0.25, 0.3) is 0 Å². The number of benzene rings is 7. The highest BCUT2D eigenvalue weighted by Crippen LogP contribution is 2.45. The van der Waals surface area contributed by atoms with Crippen molar-refractivity contribution in [2.75, 3.05) is 0 Å². The van der Waals surface area contributed by atoms with E-state index in [1.807, 2.05) is 0 Å². The van der Waals surface area contributed by atoms with E-state index in [2.05, 4.69) is 154 Å². The lowest BCUT2D eigenvalue weighted by atomic mass is 9.59. The molecular formula is C36H29B5. The molecular weight excluding hydrogens is 486 g/mol. The van der Waals surface area contributed by atoms with Gasteiger partial charge in [0.2, 0.25) is 0 Å². The summed E-state index contributed by atoms with van der Waals surface area (Å²) in [5.74, 6) is 0. The highest BCUT2D eigenvalue weighted by atomic mass is 14.2. The van der Waals surface area contributed by atoms with Crippen molar-refractivity contribution in [3.63, 3.8) is 0 Å². The topological polar surface area (TPSA) is 0 Å². The molecule has 0 bridgehead atoms. The maximum absolute atomic E-state index is 2.40. The molecule has 0 heterocycles. The van der Waals surface area contributed by atoms with Crippen LogP contribution in [0, 0.1) is 0 Å².